The molecule has 0 aliphatic carbocycles. The fourth-order valence-corrected chi connectivity index (χ4v) is 3.58. The summed E-state index contributed by atoms with van der Waals surface area (Å²) < 4.78 is 1.51. The number of allylic oxidation sites excluding steroid dienone is 1. The Labute approximate surface area is 166 Å². The Morgan fingerprint density at radius 1 is 1.32 bits per heavy atom. The maximum absolute atomic E-state index is 12.8. The van der Waals surface area contributed by atoms with Gasteiger partial charge in [0.1, 0.15) is 6.07 Å². The monoisotopic (exact) mass is 390 g/mol. The molecule has 140 valence electrons. The number of nitriles is 1. The number of thioether (sulfide) groups is 1. The van der Waals surface area contributed by atoms with Crippen LogP contribution in [0.3, 0.4) is 0 Å². The standard InChI is InChI=1S/C21H18N4O2S/c1-3-12-25-20(27)16-9-5-7-11-18(16)24-21(25)28-14(2)19(26)23-17-10-6-4-8-15(17)13-22/h3-11,14H,1,12H2,2H3,(H,23,26)/t14-/m1/s1. The summed E-state index contributed by atoms with van der Waals surface area (Å²) >= 11 is 1.19. The van der Waals surface area contributed by atoms with Crippen LogP contribution in [0.15, 0.2) is 71.1 Å². The molecule has 0 fully saturated rings. The number of nitrogens with one attached hydrogen (secondary N) is 1. The molecule has 1 aromatic heterocycles. The molecule has 1 amide bonds. The van der Waals surface area contributed by atoms with Crippen LogP contribution < -0.4 is 10.9 Å². The maximum atomic E-state index is 12.8. The van der Waals surface area contributed by atoms with Crippen molar-refractivity contribution < 1.29 is 4.79 Å². The van der Waals surface area contributed by atoms with E-state index in [1.165, 1.54) is 16.3 Å². The first-order valence-corrected chi connectivity index (χ1v) is 9.50. The van der Waals surface area contributed by atoms with Gasteiger partial charge in [-0.25, -0.2) is 4.98 Å². The molecule has 2 aromatic carbocycles. The minimum atomic E-state index is -0.532. The van der Waals surface area contributed by atoms with Gasteiger partial charge in [0.25, 0.3) is 5.56 Å². The smallest absolute Gasteiger partial charge is 0.262 e. The highest BCUT2D eigenvalue weighted by molar-refractivity contribution is 8.00. The van der Waals surface area contributed by atoms with E-state index in [4.69, 9.17) is 5.26 Å². The first-order valence-electron chi connectivity index (χ1n) is 8.62. The SMILES string of the molecule is C=CCn1c(S[C@H](C)C(=O)Nc2ccccc2C#N)nc2ccccc2c1=O. The van der Waals surface area contributed by atoms with Crippen molar-refractivity contribution in [3.63, 3.8) is 0 Å². The van der Waals surface area contributed by atoms with Gasteiger partial charge in [0.15, 0.2) is 5.16 Å². The molecule has 0 saturated carbocycles. The lowest BCUT2D eigenvalue weighted by Crippen LogP contribution is -2.27. The van der Waals surface area contributed by atoms with Crippen molar-refractivity contribution in [1.29, 1.82) is 5.26 Å². The van der Waals surface area contributed by atoms with Crippen LogP contribution in [0.5, 0.6) is 0 Å². The molecule has 0 saturated heterocycles. The number of anilines is 1. The summed E-state index contributed by atoms with van der Waals surface area (Å²) in [6.07, 6.45) is 1.62. The molecular formula is C21H18N4O2S. The minimum Gasteiger partial charge on any atom is -0.324 e. The molecule has 6 nitrogen and oxygen atoms in total. The third-order valence-corrected chi connectivity index (χ3v) is 5.19. The molecule has 0 bridgehead atoms. The molecular weight excluding hydrogens is 372 g/mol. The molecule has 7 heteroatoms. The van der Waals surface area contributed by atoms with Crippen molar-refractivity contribution in [1.82, 2.24) is 9.55 Å². The molecule has 0 aliphatic heterocycles. The predicted octanol–water partition coefficient (Wildman–Crippen LogP) is 3.57. The number of hydrogen-bond acceptors (Lipinski definition) is 5. The van der Waals surface area contributed by atoms with Gasteiger partial charge in [0.2, 0.25) is 5.91 Å². The van der Waals surface area contributed by atoms with Crippen molar-refractivity contribution in [2.24, 2.45) is 0 Å². The first-order chi connectivity index (χ1) is 13.5. The zero-order valence-electron chi connectivity index (χ0n) is 15.3. The van der Waals surface area contributed by atoms with E-state index in [0.717, 1.165) is 0 Å². The Balaban J connectivity index is 1.90. The summed E-state index contributed by atoms with van der Waals surface area (Å²) in [7, 11) is 0. The van der Waals surface area contributed by atoms with Crippen LogP contribution in [0.4, 0.5) is 5.69 Å². The van der Waals surface area contributed by atoms with Crippen LogP contribution >= 0.6 is 11.8 Å². The minimum absolute atomic E-state index is 0.171. The van der Waals surface area contributed by atoms with Gasteiger partial charge < -0.3 is 5.32 Å². The van der Waals surface area contributed by atoms with Crippen LogP contribution in [-0.4, -0.2) is 20.7 Å². The Morgan fingerprint density at radius 3 is 2.79 bits per heavy atom. The fourth-order valence-electron chi connectivity index (χ4n) is 2.66. The van der Waals surface area contributed by atoms with E-state index in [9.17, 15) is 9.59 Å². The largest absolute Gasteiger partial charge is 0.324 e. The van der Waals surface area contributed by atoms with Gasteiger partial charge in [-0.2, -0.15) is 5.26 Å². The number of para-hydroxylation sites is 2. The quantitative estimate of drug-likeness (QED) is 0.395. The zero-order valence-corrected chi connectivity index (χ0v) is 16.1. The number of carbonyl (C=O) groups is 1. The maximum Gasteiger partial charge on any atom is 0.262 e. The summed E-state index contributed by atoms with van der Waals surface area (Å²) in [6.45, 7) is 5.73. The van der Waals surface area contributed by atoms with Gasteiger partial charge in [-0.15, -0.1) is 6.58 Å². The number of nitrogens with zero attached hydrogens (tertiary/aromatic N) is 3. The highest BCUT2D eigenvalue weighted by atomic mass is 32.2. The van der Waals surface area contributed by atoms with Gasteiger partial charge in [-0.3, -0.25) is 14.2 Å². The fraction of sp³-hybridized carbons (Fsp3) is 0.143. The number of fused-ring (bicyclic) bond motifs is 1. The normalized spacial score (nSPS) is 11.6. The second-order valence-electron chi connectivity index (χ2n) is 6.02. The molecule has 0 radical (unpaired) electrons. The molecule has 1 atom stereocenters. The molecule has 1 N–H and O–H groups in total. The van der Waals surface area contributed by atoms with E-state index in [-0.39, 0.29) is 11.5 Å². The van der Waals surface area contributed by atoms with E-state index in [2.05, 4.69) is 22.9 Å². The first kappa shape index (κ1) is 19.4. The summed E-state index contributed by atoms with van der Waals surface area (Å²) in [5, 5.41) is 12.4. The third kappa shape index (κ3) is 3.97. The molecule has 0 spiro atoms. The third-order valence-electron chi connectivity index (χ3n) is 4.10. The molecule has 1 heterocycles. The number of benzene rings is 2. The lowest BCUT2D eigenvalue weighted by molar-refractivity contribution is -0.115. The second kappa shape index (κ2) is 8.55. The van der Waals surface area contributed by atoms with Crippen molar-refractivity contribution >= 4 is 34.3 Å². The van der Waals surface area contributed by atoms with Gasteiger partial charge in [0, 0.05) is 6.54 Å². The number of amides is 1. The average Bonchev–Trinajstić information content (AvgIpc) is 2.71. The Kier molecular flexibility index (Phi) is 5.92. The molecule has 3 rings (SSSR count). The average molecular weight is 390 g/mol. The summed E-state index contributed by atoms with van der Waals surface area (Å²) in [5.41, 5.74) is 1.26. The van der Waals surface area contributed by atoms with Crippen LogP contribution in [0.2, 0.25) is 0 Å². The van der Waals surface area contributed by atoms with Crippen LogP contribution in [0.25, 0.3) is 10.9 Å². The number of hydrogen-bond donors (Lipinski definition) is 1. The van der Waals surface area contributed by atoms with Crippen molar-refractivity contribution in [3.8, 4) is 6.07 Å². The van der Waals surface area contributed by atoms with Gasteiger partial charge >= 0.3 is 0 Å². The van der Waals surface area contributed by atoms with Crippen molar-refractivity contribution in [3.05, 3.63) is 77.1 Å². The van der Waals surface area contributed by atoms with Crippen molar-refractivity contribution in [2.45, 2.75) is 23.9 Å². The van der Waals surface area contributed by atoms with E-state index in [1.54, 1.807) is 55.5 Å². The Hall–Kier alpha value is -3.37. The highest BCUT2D eigenvalue weighted by Gasteiger charge is 2.20. The summed E-state index contributed by atoms with van der Waals surface area (Å²) in [5.74, 6) is -0.278. The van der Waals surface area contributed by atoms with Crippen LogP contribution in [0.1, 0.15) is 12.5 Å². The summed E-state index contributed by atoms with van der Waals surface area (Å²) in [6, 6.07) is 16.0. The predicted molar refractivity (Wildman–Crippen MR) is 111 cm³/mol. The topological polar surface area (TPSA) is 87.8 Å². The second-order valence-corrected chi connectivity index (χ2v) is 7.33. The Morgan fingerprint density at radius 2 is 2.04 bits per heavy atom. The molecule has 3 aromatic rings. The zero-order chi connectivity index (χ0) is 20.1. The Bertz CT molecular complexity index is 1150. The molecule has 0 unspecified atom stereocenters. The number of aromatic nitrogens is 2. The van der Waals surface area contributed by atoms with E-state index in [0.29, 0.717) is 33.9 Å². The summed E-state index contributed by atoms with van der Waals surface area (Å²) in [4.78, 5) is 30.0. The lowest BCUT2D eigenvalue weighted by Gasteiger charge is -2.16. The van der Waals surface area contributed by atoms with Gasteiger partial charge in [-0.1, -0.05) is 42.1 Å². The van der Waals surface area contributed by atoms with E-state index in [1.807, 2.05) is 6.07 Å². The highest BCUT2D eigenvalue weighted by Crippen LogP contribution is 2.24. The van der Waals surface area contributed by atoms with Crippen LogP contribution in [-0.2, 0) is 11.3 Å². The lowest BCUT2D eigenvalue weighted by atomic mass is 10.2. The van der Waals surface area contributed by atoms with E-state index >= 15 is 0 Å². The van der Waals surface area contributed by atoms with E-state index < -0.39 is 5.25 Å². The number of rotatable bonds is 6. The number of carbonyl (C=O) groups excluding carboxylic acids is 1. The molecule has 0 aliphatic rings. The van der Waals surface area contributed by atoms with Gasteiger partial charge in [-0.05, 0) is 31.2 Å². The molecule has 28 heavy (non-hydrogen) atoms. The van der Waals surface area contributed by atoms with Gasteiger partial charge in [0.05, 0.1) is 27.4 Å². The van der Waals surface area contributed by atoms with Crippen LogP contribution in [0, 0.1) is 11.3 Å². The van der Waals surface area contributed by atoms with Crippen molar-refractivity contribution in [2.75, 3.05) is 5.32 Å².